The predicted octanol–water partition coefficient (Wildman–Crippen LogP) is 3.67. The van der Waals surface area contributed by atoms with Crippen molar-refractivity contribution in [2.75, 3.05) is 0 Å². The maximum absolute atomic E-state index is 13.2. The number of benzene rings is 2. The van der Waals surface area contributed by atoms with E-state index < -0.39 is 23.5 Å². The Morgan fingerprint density at radius 3 is 2.50 bits per heavy atom. The van der Waals surface area contributed by atoms with E-state index in [9.17, 15) is 13.6 Å². The van der Waals surface area contributed by atoms with Crippen molar-refractivity contribution < 1.29 is 22.7 Å². The van der Waals surface area contributed by atoms with Crippen LogP contribution in [0.5, 0.6) is 5.75 Å². The second kappa shape index (κ2) is 6.57. The smallest absolute Gasteiger partial charge is 0.247 e. The third-order valence-corrected chi connectivity index (χ3v) is 3.35. The first-order valence-corrected chi connectivity index (χ1v) is 7.07. The van der Waals surface area contributed by atoms with Crippen LogP contribution in [0.4, 0.5) is 8.78 Å². The van der Waals surface area contributed by atoms with Gasteiger partial charge in [-0.1, -0.05) is 0 Å². The number of ether oxygens (including phenoxy) is 1. The van der Waals surface area contributed by atoms with Gasteiger partial charge in [-0.05, 0) is 49.4 Å². The summed E-state index contributed by atoms with van der Waals surface area (Å²) in [7, 11) is 0. The van der Waals surface area contributed by atoms with Gasteiger partial charge >= 0.3 is 0 Å². The molecule has 3 aromatic rings. The van der Waals surface area contributed by atoms with Crippen molar-refractivity contribution in [2.45, 2.75) is 13.0 Å². The summed E-state index contributed by atoms with van der Waals surface area (Å²) in [5.41, 5.74) is 0.753. The zero-order chi connectivity index (χ0) is 17.1. The summed E-state index contributed by atoms with van der Waals surface area (Å²) >= 11 is 0. The van der Waals surface area contributed by atoms with E-state index in [-0.39, 0.29) is 5.56 Å². The van der Waals surface area contributed by atoms with Crippen LogP contribution >= 0.6 is 0 Å². The maximum atomic E-state index is 13.2. The lowest BCUT2D eigenvalue weighted by Crippen LogP contribution is -2.24. The van der Waals surface area contributed by atoms with Crippen LogP contribution < -0.4 is 4.74 Å². The molecule has 0 saturated heterocycles. The number of nitrogens with zero attached hydrogens (tertiary/aromatic N) is 2. The summed E-state index contributed by atoms with van der Waals surface area (Å²) in [4.78, 5) is 12.2. The van der Waals surface area contributed by atoms with Gasteiger partial charge in [0.05, 0.1) is 0 Å². The van der Waals surface area contributed by atoms with E-state index in [2.05, 4.69) is 10.2 Å². The van der Waals surface area contributed by atoms with Gasteiger partial charge in [0.15, 0.2) is 17.7 Å². The molecular formula is C17H12F2N2O3. The molecule has 1 heterocycles. The van der Waals surface area contributed by atoms with Crippen molar-refractivity contribution >= 4 is 5.78 Å². The minimum atomic E-state index is -1.07. The van der Waals surface area contributed by atoms with Crippen LogP contribution in [0.25, 0.3) is 11.5 Å². The van der Waals surface area contributed by atoms with Gasteiger partial charge in [0.25, 0.3) is 0 Å². The molecule has 1 atom stereocenters. The highest BCUT2D eigenvalue weighted by Gasteiger charge is 2.18. The summed E-state index contributed by atoms with van der Waals surface area (Å²) in [6.07, 6.45) is 0.367. The molecule has 3 rings (SSSR count). The summed E-state index contributed by atoms with van der Waals surface area (Å²) in [5.74, 6) is -1.71. The van der Waals surface area contributed by atoms with E-state index in [1.54, 1.807) is 24.3 Å². The number of carbonyl (C=O) groups excluding carboxylic acids is 1. The van der Waals surface area contributed by atoms with Gasteiger partial charge in [-0.2, -0.15) is 0 Å². The van der Waals surface area contributed by atoms with E-state index in [4.69, 9.17) is 9.15 Å². The monoisotopic (exact) mass is 330 g/mol. The largest absolute Gasteiger partial charge is 0.483 e. The number of ketones is 1. The standard InChI is InChI=1S/C17H12F2N2O3/c1-10(16(22)12-4-7-14(18)15(19)8-12)24-13-5-2-11(3-6-13)17-21-20-9-23-17/h2-10H,1H3. The van der Waals surface area contributed by atoms with Crippen LogP contribution in [0.3, 0.4) is 0 Å². The SMILES string of the molecule is CC(Oc1ccc(-c2nnco2)cc1)C(=O)c1ccc(F)c(F)c1. The number of halogens is 2. The molecule has 0 saturated carbocycles. The van der Waals surface area contributed by atoms with Crippen molar-refractivity contribution in [3.63, 3.8) is 0 Å². The van der Waals surface area contributed by atoms with Crippen LogP contribution in [-0.2, 0) is 0 Å². The van der Waals surface area contributed by atoms with Crippen molar-refractivity contribution in [3.8, 4) is 17.2 Å². The lowest BCUT2D eigenvalue weighted by Gasteiger charge is -2.14. The molecule has 1 aromatic heterocycles. The van der Waals surface area contributed by atoms with E-state index in [1.165, 1.54) is 19.4 Å². The predicted molar refractivity (Wildman–Crippen MR) is 80.5 cm³/mol. The number of carbonyl (C=O) groups is 1. The van der Waals surface area contributed by atoms with E-state index in [1.807, 2.05) is 0 Å². The normalized spacial score (nSPS) is 12.0. The average Bonchev–Trinajstić information content (AvgIpc) is 3.12. The number of aromatic nitrogens is 2. The van der Waals surface area contributed by atoms with E-state index in [0.717, 1.165) is 12.1 Å². The average molecular weight is 330 g/mol. The Kier molecular flexibility index (Phi) is 4.33. The van der Waals surface area contributed by atoms with E-state index in [0.29, 0.717) is 17.2 Å². The minimum absolute atomic E-state index is 0.0453. The number of hydrogen-bond acceptors (Lipinski definition) is 5. The first-order chi connectivity index (χ1) is 11.5. The molecule has 0 N–H and O–H groups in total. The Morgan fingerprint density at radius 1 is 1.12 bits per heavy atom. The molecule has 1 unspecified atom stereocenters. The second-order valence-electron chi connectivity index (χ2n) is 5.02. The van der Waals surface area contributed by atoms with Gasteiger partial charge in [0, 0.05) is 11.1 Å². The summed E-state index contributed by atoms with van der Waals surface area (Å²) < 4.78 is 36.8. The molecule has 7 heteroatoms. The fourth-order valence-corrected chi connectivity index (χ4v) is 2.12. The van der Waals surface area contributed by atoms with Crippen LogP contribution in [0, 0.1) is 11.6 Å². The van der Waals surface area contributed by atoms with Gasteiger partial charge in [0.2, 0.25) is 18.1 Å². The Bertz CT molecular complexity index is 849. The highest BCUT2D eigenvalue weighted by Crippen LogP contribution is 2.21. The van der Waals surface area contributed by atoms with Crippen molar-refractivity contribution in [1.82, 2.24) is 10.2 Å². The van der Waals surface area contributed by atoms with Crippen molar-refractivity contribution in [3.05, 3.63) is 66.1 Å². The van der Waals surface area contributed by atoms with Crippen LogP contribution in [-0.4, -0.2) is 22.1 Å². The topological polar surface area (TPSA) is 65.2 Å². The third kappa shape index (κ3) is 3.29. The molecule has 0 amide bonds. The Balaban J connectivity index is 1.70. The van der Waals surface area contributed by atoms with Gasteiger partial charge < -0.3 is 9.15 Å². The Morgan fingerprint density at radius 2 is 1.88 bits per heavy atom. The first-order valence-electron chi connectivity index (χ1n) is 7.07. The lowest BCUT2D eigenvalue weighted by atomic mass is 10.1. The number of hydrogen-bond donors (Lipinski definition) is 0. The third-order valence-electron chi connectivity index (χ3n) is 3.35. The molecule has 2 aromatic carbocycles. The summed E-state index contributed by atoms with van der Waals surface area (Å²) in [6.45, 7) is 1.54. The van der Waals surface area contributed by atoms with Crippen LogP contribution in [0.1, 0.15) is 17.3 Å². The van der Waals surface area contributed by atoms with Crippen molar-refractivity contribution in [1.29, 1.82) is 0 Å². The van der Waals surface area contributed by atoms with Crippen molar-refractivity contribution in [2.24, 2.45) is 0 Å². The van der Waals surface area contributed by atoms with Crippen LogP contribution in [0.2, 0.25) is 0 Å². The number of rotatable bonds is 5. The molecule has 122 valence electrons. The van der Waals surface area contributed by atoms with Gasteiger partial charge in [-0.3, -0.25) is 4.79 Å². The molecule has 0 fully saturated rings. The Hall–Kier alpha value is -3.09. The highest BCUT2D eigenvalue weighted by atomic mass is 19.2. The zero-order valence-electron chi connectivity index (χ0n) is 12.6. The molecule has 24 heavy (non-hydrogen) atoms. The molecule has 0 spiro atoms. The first kappa shape index (κ1) is 15.8. The van der Waals surface area contributed by atoms with Gasteiger partial charge in [0.1, 0.15) is 5.75 Å². The molecular weight excluding hydrogens is 318 g/mol. The zero-order valence-corrected chi connectivity index (χ0v) is 12.6. The molecule has 0 aliphatic rings. The quantitative estimate of drug-likeness (QED) is 0.668. The summed E-state index contributed by atoms with van der Waals surface area (Å²) in [6, 6.07) is 9.70. The highest BCUT2D eigenvalue weighted by molar-refractivity contribution is 5.99. The maximum Gasteiger partial charge on any atom is 0.247 e. The molecule has 0 radical (unpaired) electrons. The van der Waals surface area contributed by atoms with Crippen LogP contribution in [0.15, 0.2) is 53.3 Å². The molecule has 0 aliphatic heterocycles. The lowest BCUT2D eigenvalue weighted by molar-refractivity contribution is 0.0817. The minimum Gasteiger partial charge on any atom is -0.483 e. The van der Waals surface area contributed by atoms with Gasteiger partial charge in [-0.25, -0.2) is 8.78 Å². The fourth-order valence-electron chi connectivity index (χ4n) is 2.12. The van der Waals surface area contributed by atoms with E-state index >= 15 is 0 Å². The summed E-state index contributed by atoms with van der Waals surface area (Å²) in [5, 5.41) is 7.37. The van der Waals surface area contributed by atoms with Gasteiger partial charge in [-0.15, -0.1) is 10.2 Å². The molecule has 5 nitrogen and oxygen atoms in total. The fraction of sp³-hybridized carbons (Fsp3) is 0.118. The number of Topliss-reactive ketones (excluding diaryl/α,β-unsaturated/α-hetero) is 1. The Labute approximate surface area is 135 Å². The molecule has 0 bridgehead atoms. The second-order valence-corrected chi connectivity index (χ2v) is 5.02. The molecule has 0 aliphatic carbocycles.